The molecule has 0 spiro atoms. The van der Waals surface area contributed by atoms with Crippen LogP contribution in [0.1, 0.15) is 44.6 Å². The minimum absolute atomic E-state index is 0.222. The first kappa shape index (κ1) is 17.1. The van der Waals surface area contributed by atoms with E-state index >= 15 is 0 Å². The summed E-state index contributed by atoms with van der Waals surface area (Å²) >= 11 is 0. The highest BCUT2D eigenvalue weighted by Crippen LogP contribution is 2.34. The first-order valence-electron chi connectivity index (χ1n) is 9.78. The monoisotopic (exact) mass is 353 g/mol. The third-order valence-corrected chi connectivity index (χ3v) is 5.78. The van der Waals surface area contributed by atoms with Gasteiger partial charge in [0.2, 0.25) is 5.88 Å². The van der Waals surface area contributed by atoms with E-state index in [1.807, 2.05) is 13.0 Å². The van der Waals surface area contributed by atoms with Gasteiger partial charge in [0.15, 0.2) is 0 Å². The van der Waals surface area contributed by atoms with Crippen LogP contribution in [0.3, 0.4) is 0 Å². The fourth-order valence-corrected chi connectivity index (χ4v) is 4.31. The van der Waals surface area contributed by atoms with Gasteiger partial charge in [0.05, 0.1) is 12.3 Å². The Morgan fingerprint density at radius 1 is 1.23 bits per heavy atom. The maximum Gasteiger partial charge on any atom is 0.351 e. The molecule has 1 fully saturated rings. The lowest BCUT2D eigenvalue weighted by Gasteiger charge is -2.34. The molecule has 4 rings (SSSR count). The van der Waals surface area contributed by atoms with Crippen LogP contribution in [0.25, 0.3) is 11.3 Å². The summed E-state index contributed by atoms with van der Waals surface area (Å²) in [5.74, 6) is 0.417. The highest BCUT2D eigenvalue weighted by molar-refractivity contribution is 5.70. The van der Waals surface area contributed by atoms with Crippen LogP contribution >= 0.6 is 0 Å². The summed E-state index contributed by atoms with van der Waals surface area (Å²) in [6, 6.07) is 9.19. The topological polar surface area (TPSA) is 47.4 Å². The van der Waals surface area contributed by atoms with E-state index in [2.05, 4.69) is 35.1 Å². The van der Waals surface area contributed by atoms with Crippen molar-refractivity contribution in [3.8, 4) is 17.1 Å². The zero-order chi connectivity index (χ0) is 18.1. The summed E-state index contributed by atoms with van der Waals surface area (Å²) in [5.41, 5.74) is 4.41. The maximum absolute atomic E-state index is 12.3. The number of hydrogen-bond donors (Lipinski definition) is 0. The SMILES string of the molecule is CCOc1cc2n(c(=O)n1)CCc1cc(N(C)C3CCCCC3)ccc1-2. The van der Waals surface area contributed by atoms with Crippen LogP contribution in [0.15, 0.2) is 29.1 Å². The zero-order valence-electron chi connectivity index (χ0n) is 15.7. The van der Waals surface area contributed by atoms with Crippen molar-refractivity contribution in [1.82, 2.24) is 9.55 Å². The number of aryl methyl sites for hydroxylation is 1. The van der Waals surface area contributed by atoms with Crippen LogP contribution < -0.4 is 15.3 Å². The molecule has 2 heterocycles. The van der Waals surface area contributed by atoms with Crippen molar-refractivity contribution < 1.29 is 4.74 Å². The zero-order valence-corrected chi connectivity index (χ0v) is 15.7. The van der Waals surface area contributed by atoms with Crippen molar-refractivity contribution in [3.05, 3.63) is 40.3 Å². The summed E-state index contributed by atoms with van der Waals surface area (Å²) in [6.45, 7) is 3.09. The van der Waals surface area contributed by atoms with Gasteiger partial charge in [0.1, 0.15) is 0 Å². The van der Waals surface area contributed by atoms with Crippen molar-refractivity contribution in [2.24, 2.45) is 0 Å². The number of ether oxygens (including phenoxy) is 1. The van der Waals surface area contributed by atoms with Gasteiger partial charge < -0.3 is 9.64 Å². The Morgan fingerprint density at radius 2 is 2.04 bits per heavy atom. The van der Waals surface area contributed by atoms with Crippen molar-refractivity contribution >= 4 is 5.69 Å². The summed E-state index contributed by atoms with van der Waals surface area (Å²) in [6.07, 6.45) is 7.48. The summed E-state index contributed by atoms with van der Waals surface area (Å²) in [5, 5.41) is 0. The van der Waals surface area contributed by atoms with Crippen molar-refractivity contribution in [2.75, 3.05) is 18.6 Å². The Balaban J connectivity index is 1.69. The quantitative estimate of drug-likeness (QED) is 0.842. The summed E-state index contributed by atoms with van der Waals surface area (Å²) in [7, 11) is 2.22. The van der Waals surface area contributed by atoms with Gasteiger partial charge in [-0.25, -0.2) is 4.79 Å². The molecule has 2 aromatic rings. The molecule has 0 amide bonds. The molecule has 0 saturated heterocycles. The third kappa shape index (κ3) is 3.11. The van der Waals surface area contributed by atoms with Gasteiger partial charge in [0.25, 0.3) is 0 Å². The van der Waals surface area contributed by atoms with E-state index in [1.54, 1.807) is 4.57 Å². The van der Waals surface area contributed by atoms with Crippen molar-refractivity contribution in [3.63, 3.8) is 0 Å². The predicted molar refractivity (Wildman–Crippen MR) is 104 cm³/mol. The number of aromatic nitrogens is 2. The van der Waals surface area contributed by atoms with Gasteiger partial charge in [-0.3, -0.25) is 4.57 Å². The fraction of sp³-hybridized carbons (Fsp3) is 0.524. The molecular weight excluding hydrogens is 326 g/mol. The van der Waals surface area contributed by atoms with Crippen LogP contribution in [-0.2, 0) is 13.0 Å². The first-order valence-corrected chi connectivity index (χ1v) is 9.78. The number of rotatable bonds is 4. The van der Waals surface area contributed by atoms with Gasteiger partial charge in [-0.15, -0.1) is 0 Å². The fourth-order valence-electron chi connectivity index (χ4n) is 4.31. The Kier molecular flexibility index (Phi) is 4.70. The lowest BCUT2D eigenvalue weighted by Crippen LogP contribution is -2.33. The highest BCUT2D eigenvalue weighted by atomic mass is 16.5. The molecule has 5 heteroatoms. The minimum atomic E-state index is -0.222. The van der Waals surface area contributed by atoms with E-state index < -0.39 is 0 Å². The average molecular weight is 353 g/mol. The van der Waals surface area contributed by atoms with E-state index in [0.29, 0.717) is 25.1 Å². The second-order valence-electron chi connectivity index (χ2n) is 7.34. The molecule has 138 valence electrons. The molecule has 0 radical (unpaired) electrons. The van der Waals surface area contributed by atoms with E-state index in [0.717, 1.165) is 17.7 Å². The molecule has 1 saturated carbocycles. The second kappa shape index (κ2) is 7.14. The largest absolute Gasteiger partial charge is 0.478 e. The Morgan fingerprint density at radius 3 is 2.81 bits per heavy atom. The highest BCUT2D eigenvalue weighted by Gasteiger charge is 2.22. The third-order valence-electron chi connectivity index (χ3n) is 5.78. The van der Waals surface area contributed by atoms with E-state index in [4.69, 9.17) is 4.74 Å². The smallest absolute Gasteiger partial charge is 0.351 e. The molecule has 2 aliphatic rings. The average Bonchev–Trinajstić information content (AvgIpc) is 2.68. The molecule has 0 atom stereocenters. The second-order valence-corrected chi connectivity index (χ2v) is 7.34. The van der Waals surface area contributed by atoms with Crippen LogP contribution in [0.5, 0.6) is 5.88 Å². The Hall–Kier alpha value is -2.30. The maximum atomic E-state index is 12.3. The van der Waals surface area contributed by atoms with Crippen LogP contribution in [-0.4, -0.2) is 29.2 Å². The standard InChI is InChI=1S/C21H27N3O2/c1-3-26-20-14-19-18-10-9-17(23(2)16-7-5-4-6-8-16)13-15(18)11-12-24(19)21(25)22-20/h9-10,13-14,16H,3-8,11-12H2,1-2H3. The van der Waals surface area contributed by atoms with Gasteiger partial charge >= 0.3 is 5.69 Å². The summed E-state index contributed by atoms with van der Waals surface area (Å²) in [4.78, 5) is 18.8. The number of nitrogens with zero attached hydrogens (tertiary/aromatic N) is 3. The molecular formula is C21H27N3O2. The van der Waals surface area contributed by atoms with E-state index in [9.17, 15) is 4.79 Å². The Labute approximate surface area is 154 Å². The Bertz CT molecular complexity index is 853. The lowest BCUT2D eigenvalue weighted by molar-refractivity contribution is 0.323. The molecule has 5 nitrogen and oxygen atoms in total. The molecule has 26 heavy (non-hydrogen) atoms. The van der Waals surface area contributed by atoms with Crippen molar-refractivity contribution in [2.45, 2.75) is 58.0 Å². The molecule has 0 unspecified atom stereocenters. The molecule has 0 bridgehead atoms. The summed E-state index contributed by atoms with van der Waals surface area (Å²) < 4.78 is 7.24. The van der Waals surface area contributed by atoms with Crippen LogP contribution in [0.4, 0.5) is 5.69 Å². The number of hydrogen-bond acceptors (Lipinski definition) is 4. The van der Waals surface area contributed by atoms with Gasteiger partial charge in [-0.05, 0) is 43.9 Å². The normalized spacial score (nSPS) is 16.7. The number of anilines is 1. The van der Waals surface area contributed by atoms with Crippen LogP contribution in [0, 0.1) is 0 Å². The molecule has 1 aliphatic heterocycles. The lowest BCUT2D eigenvalue weighted by atomic mass is 9.93. The predicted octanol–water partition coefficient (Wildman–Crippen LogP) is 3.63. The van der Waals surface area contributed by atoms with Gasteiger partial charge in [-0.2, -0.15) is 4.98 Å². The van der Waals surface area contributed by atoms with Gasteiger partial charge in [-0.1, -0.05) is 25.3 Å². The first-order chi connectivity index (χ1) is 12.7. The van der Waals surface area contributed by atoms with Gasteiger partial charge in [0, 0.05) is 37.0 Å². The number of benzene rings is 1. The number of fused-ring (bicyclic) bond motifs is 3. The molecule has 1 aromatic heterocycles. The minimum Gasteiger partial charge on any atom is -0.478 e. The van der Waals surface area contributed by atoms with E-state index in [1.165, 1.54) is 43.4 Å². The van der Waals surface area contributed by atoms with Crippen LogP contribution in [0.2, 0.25) is 0 Å². The molecule has 1 aliphatic carbocycles. The molecule has 1 aromatic carbocycles. The van der Waals surface area contributed by atoms with Crippen molar-refractivity contribution in [1.29, 1.82) is 0 Å². The molecule has 0 N–H and O–H groups in total. The van der Waals surface area contributed by atoms with E-state index in [-0.39, 0.29) is 5.69 Å².